The second kappa shape index (κ2) is 8.07. The highest BCUT2D eigenvalue weighted by molar-refractivity contribution is 5.83. The monoisotopic (exact) mass is 345 g/mol. The van der Waals surface area contributed by atoms with Crippen LogP contribution in [-0.4, -0.2) is 37.0 Å². The molecule has 0 aliphatic carbocycles. The molecule has 25 heavy (non-hydrogen) atoms. The van der Waals surface area contributed by atoms with Crippen molar-refractivity contribution in [3.63, 3.8) is 0 Å². The van der Waals surface area contributed by atoms with Crippen LogP contribution in [0.2, 0.25) is 0 Å². The largest absolute Gasteiger partial charge is 0.481 e. The highest BCUT2D eigenvalue weighted by Gasteiger charge is 2.25. The van der Waals surface area contributed by atoms with Crippen molar-refractivity contribution in [2.45, 2.75) is 26.4 Å². The zero-order chi connectivity index (χ0) is 18.6. The molecule has 0 aliphatic rings. The quantitative estimate of drug-likeness (QED) is 0.875. The molecule has 1 N–H and O–H groups in total. The minimum atomic E-state index is -0.717. The Balaban J connectivity index is 2.22. The van der Waals surface area contributed by atoms with E-state index in [2.05, 4.69) is 10.3 Å². The number of carbonyl (C=O) groups excluding carboxylic acids is 1. The number of ether oxygens (including phenoxy) is 1. The second-order valence-corrected chi connectivity index (χ2v) is 6.17. The Morgan fingerprint density at radius 1 is 1.32 bits per heavy atom. The van der Waals surface area contributed by atoms with Crippen LogP contribution < -0.4 is 10.1 Å². The van der Waals surface area contributed by atoms with Crippen LogP contribution in [0.1, 0.15) is 28.4 Å². The van der Waals surface area contributed by atoms with Crippen molar-refractivity contribution < 1.29 is 13.9 Å². The number of benzene rings is 1. The molecular formula is C19H24FN3O2. The summed E-state index contributed by atoms with van der Waals surface area (Å²) in [6, 6.07) is 7.53. The zero-order valence-corrected chi connectivity index (χ0v) is 15.3. The van der Waals surface area contributed by atoms with Crippen molar-refractivity contribution >= 4 is 5.91 Å². The Kier molecular flexibility index (Phi) is 6.09. The summed E-state index contributed by atoms with van der Waals surface area (Å²) >= 11 is 0. The summed E-state index contributed by atoms with van der Waals surface area (Å²) in [4.78, 5) is 18.7. The number of rotatable bonds is 6. The number of methoxy groups -OCH3 is 1. The van der Waals surface area contributed by atoms with Gasteiger partial charge >= 0.3 is 0 Å². The number of carbonyl (C=O) groups is 1. The predicted octanol–water partition coefficient (Wildman–Crippen LogP) is 2.77. The molecule has 0 saturated heterocycles. The lowest BCUT2D eigenvalue weighted by atomic mass is 10.0. The van der Waals surface area contributed by atoms with Gasteiger partial charge in [-0.2, -0.15) is 0 Å². The first-order valence-electron chi connectivity index (χ1n) is 8.04. The SMILES string of the molecule is COc1nc(C)cc(C)c1CNC(=O)[C@H](c1ccccc1F)N(C)C. The summed E-state index contributed by atoms with van der Waals surface area (Å²) in [5.41, 5.74) is 2.99. The minimum Gasteiger partial charge on any atom is -0.481 e. The van der Waals surface area contributed by atoms with Gasteiger partial charge in [0.1, 0.15) is 11.9 Å². The van der Waals surface area contributed by atoms with Crippen LogP contribution in [0.4, 0.5) is 4.39 Å². The fourth-order valence-corrected chi connectivity index (χ4v) is 2.84. The molecule has 1 heterocycles. The molecule has 0 aliphatic heterocycles. The van der Waals surface area contributed by atoms with Crippen LogP contribution in [0.3, 0.4) is 0 Å². The number of hydrogen-bond acceptors (Lipinski definition) is 4. The van der Waals surface area contributed by atoms with Crippen molar-refractivity contribution in [1.82, 2.24) is 15.2 Å². The minimum absolute atomic E-state index is 0.264. The Bertz CT molecular complexity index is 762. The summed E-state index contributed by atoms with van der Waals surface area (Å²) in [5, 5.41) is 2.87. The molecule has 2 rings (SSSR count). The standard InChI is InChI=1S/C19H24FN3O2/c1-12-10-13(2)22-19(25-5)15(12)11-21-18(24)17(23(3)4)14-8-6-7-9-16(14)20/h6-10,17H,11H2,1-5H3,(H,21,24)/t17-/m0/s1. The van der Waals surface area contributed by atoms with Crippen LogP contribution in [0.5, 0.6) is 5.88 Å². The third-order valence-corrected chi connectivity index (χ3v) is 4.03. The molecule has 1 aromatic carbocycles. The number of amides is 1. The number of nitrogens with one attached hydrogen (secondary N) is 1. The lowest BCUT2D eigenvalue weighted by Crippen LogP contribution is -2.37. The van der Waals surface area contributed by atoms with Gasteiger partial charge in [-0.05, 0) is 45.6 Å². The number of likely N-dealkylation sites (N-methyl/N-ethyl adjacent to an activating group) is 1. The van der Waals surface area contributed by atoms with Crippen LogP contribution in [0.25, 0.3) is 0 Å². The van der Waals surface area contributed by atoms with Crippen molar-refractivity contribution in [1.29, 1.82) is 0 Å². The number of halogens is 1. The molecule has 1 amide bonds. The topological polar surface area (TPSA) is 54.5 Å². The molecule has 0 bridgehead atoms. The van der Waals surface area contributed by atoms with E-state index in [1.807, 2.05) is 19.9 Å². The number of aryl methyl sites for hydroxylation is 2. The summed E-state index contributed by atoms with van der Waals surface area (Å²) < 4.78 is 19.4. The fraction of sp³-hybridized carbons (Fsp3) is 0.368. The van der Waals surface area contributed by atoms with Gasteiger partial charge in [0.15, 0.2) is 0 Å². The second-order valence-electron chi connectivity index (χ2n) is 6.17. The maximum atomic E-state index is 14.1. The van der Waals surface area contributed by atoms with E-state index in [0.29, 0.717) is 11.4 Å². The summed E-state index contributed by atoms with van der Waals surface area (Å²) in [6.07, 6.45) is 0. The maximum absolute atomic E-state index is 14.1. The lowest BCUT2D eigenvalue weighted by molar-refractivity contribution is -0.126. The molecule has 0 fully saturated rings. The van der Waals surface area contributed by atoms with Crippen LogP contribution >= 0.6 is 0 Å². The Labute approximate surface area is 147 Å². The molecule has 0 radical (unpaired) electrons. The smallest absolute Gasteiger partial charge is 0.242 e. The molecule has 1 aromatic heterocycles. The van der Waals surface area contributed by atoms with E-state index in [9.17, 15) is 9.18 Å². The first kappa shape index (κ1) is 18.9. The molecule has 0 saturated carbocycles. The molecular weight excluding hydrogens is 321 g/mol. The summed E-state index contributed by atoms with van der Waals surface area (Å²) in [5.74, 6) is -0.190. The van der Waals surface area contributed by atoms with Crippen LogP contribution in [-0.2, 0) is 11.3 Å². The third-order valence-electron chi connectivity index (χ3n) is 4.03. The average molecular weight is 345 g/mol. The zero-order valence-electron chi connectivity index (χ0n) is 15.3. The molecule has 1 atom stereocenters. The molecule has 6 heteroatoms. The van der Waals surface area contributed by atoms with Gasteiger partial charge in [0, 0.05) is 23.4 Å². The molecule has 134 valence electrons. The number of hydrogen-bond donors (Lipinski definition) is 1. The fourth-order valence-electron chi connectivity index (χ4n) is 2.84. The van der Waals surface area contributed by atoms with Gasteiger partial charge < -0.3 is 10.1 Å². The summed E-state index contributed by atoms with van der Waals surface area (Å²) in [6.45, 7) is 4.09. The number of nitrogens with zero attached hydrogens (tertiary/aromatic N) is 2. The van der Waals surface area contributed by atoms with E-state index in [1.165, 1.54) is 6.07 Å². The molecule has 0 spiro atoms. The van der Waals surface area contributed by atoms with E-state index >= 15 is 0 Å². The van der Waals surface area contributed by atoms with Gasteiger partial charge in [0.2, 0.25) is 11.8 Å². The third kappa shape index (κ3) is 4.33. The van der Waals surface area contributed by atoms with Crippen LogP contribution in [0.15, 0.2) is 30.3 Å². The van der Waals surface area contributed by atoms with E-state index in [0.717, 1.165) is 16.8 Å². The van der Waals surface area contributed by atoms with Gasteiger partial charge in [0.25, 0.3) is 0 Å². The van der Waals surface area contributed by atoms with E-state index in [1.54, 1.807) is 44.3 Å². The predicted molar refractivity (Wildman–Crippen MR) is 94.9 cm³/mol. The highest BCUT2D eigenvalue weighted by Crippen LogP contribution is 2.23. The normalized spacial score (nSPS) is 12.1. The number of pyridine rings is 1. The van der Waals surface area contributed by atoms with Crippen molar-refractivity contribution in [2.75, 3.05) is 21.2 Å². The molecule has 2 aromatic rings. The van der Waals surface area contributed by atoms with Crippen molar-refractivity contribution in [3.05, 3.63) is 58.5 Å². The van der Waals surface area contributed by atoms with Gasteiger partial charge in [-0.15, -0.1) is 0 Å². The van der Waals surface area contributed by atoms with Crippen molar-refractivity contribution in [2.24, 2.45) is 0 Å². The Hall–Kier alpha value is -2.47. The van der Waals surface area contributed by atoms with E-state index < -0.39 is 11.9 Å². The average Bonchev–Trinajstić information content (AvgIpc) is 2.55. The number of aromatic nitrogens is 1. The summed E-state index contributed by atoms with van der Waals surface area (Å²) in [7, 11) is 5.04. The maximum Gasteiger partial charge on any atom is 0.242 e. The van der Waals surface area contributed by atoms with Gasteiger partial charge in [0.05, 0.1) is 7.11 Å². The van der Waals surface area contributed by atoms with Gasteiger partial charge in [-0.1, -0.05) is 18.2 Å². The van der Waals surface area contributed by atoms with Gasteiger partial charge in [-0.3, -0.25) is 9.69 Å². The van der Waals surface area contributed by atoms with E-state index in [4.69, 9.17) is 4.74 Å². The molecule has 5 nitrogen and oxygen atoms in total. The lowest BCUT2D eigenvalue weighted by Gasteiger charge is -2.24. The van der Waals surface area contributed by atoms with Crippen molar-refractivity contribution in [3.8, 4) is 5.88 Å². The first-order chi connectivity index (χ1) is 11.8. The van der Waals surface area contributed by atoms with Gasteiger partial charge in [-0.25, -0.2) is 9.37 Å². The Morgan fingerprint density at radius 3 is 2.60 bits per heavy atom. The highest BCUT2D eigenvalue weighted by atomic mass is 19.1. The van der Waals surface area contributed by atoms with Crippen LogP contribution in [0, 0.1) is 19.7 Å². The molecule has 0 unspecified atom stereocenters. The Morgan fingerprint density at radius 2 is 2.00 bits per heavy atom. The van der Waals surface area contributed by atoms with E-state index in [-0.39, 0.29) is 12.5 Å². The first-order valence-corrected chi connectivity index (χ1v) is 8.04.